The molecule has 6 aromatic rings. The van der Waals surface area contributed by atoms with Crippen molar-refractivity contribution in [2.24, 2.45) is 0 Å². The SMILES string of the molecule is Cc1sc(C(=O)O)cc1C1=C(c2cc(C(=O)NCc3ccc4ccc5cccc6ccc3c4c56)sc2C)CCC1. The van der Waals surface area contributed by atoms with Gasteiger partial charge >= 0.3 is 5.97 Å². The molecule has 0 spiro atoms. The number of carbonyl (C=O) groups excluding carboxylic acids is 1. The molecule has 2 heterocycles. The quantitative estimate of drug-likeness (QED) is 0.199. The van der Waals surface area contributed by atoms with Crippen LogP contribution >= 0.6 is 22.7 Å². The van der Waals surface area contributed by atoms with E-state index >= 15 is 0 Å². The second-order valence-electron chi connectivity index (χ2n) is 10.5. The number of thiophene rings is 2. The molecular weight excluding hydrogens is 535 g/mol. The third-order valence-corrected chi connectivity index (χ3v) is 10.3. The summed E-state index contributed by atoms with van der Waals surface area (Å²) in [7, 11) is 0. The van der Waals surface area contributed by atoms with Gasteiger partial charge in [0.15, 0.2) is 0 Å². The van der Waals surface area contributed by atoms with Crippen LogP contribution in [0.3, 0.4) is 0 Å². The third-order valence-electron chi connectivity index (χ3n) is 8.20. The van der Waals surface area contributed by atoms with Crippen LogP contribution in [-0.4, -0.2) is 17.0 Å². The highest BCUT2D eigenvalue weighted by molar-refractivity contribution is 7.14. The molecule has 0 unspecified atom stereocenters. The summed E-state index contributed by atoms with van der Waals surface area (Å²) >= 11 is 2.86. The molecule has 1 aliphatic carbocycles. The first-order valence-corrected chi connectivity index (χ1v) is 15.1. The van der Waals surface area contributed by atoms with Gasteiger partial charge in [-0.15, -0.1) is 22.7 Å². The molecule has 0 aliphatic heterocycles. The van der Waals surface area contributed by atoms with E-state index in [4.69, 9.17) is 0 Å². The van der Waals surface area contributed by atoms with Crippen molar-refractivity contribution in [3.05, 3.63) is 103 Å². The Morgan fingerprint density at radius 3 is 2.00 bits per heavy atom. The Morgan fingerprint density at radius 1 is 0.775 bits per heavy atom. The van der Waals surface area contributed by atoms with E-state index in [-0.39, 0.29) is 5.91 Å². The predicted molar refractivity (Wildman–Crippen MR) is 167 cm³/mol. The average Bonchev–Trinajstić information content (AvgIpc) is 3.68. The first kappa shape index (κ1) is 25.0. The van der Waals surface area contributed by atoms with Gasteiger partial charge in [0.2, 0.25) is 0 Å². The molecule has 4 nitrogen and oxygen atoms in total. The standard InChI is InChI=1S/C34H27NO3S2/c1-18-27(25-7-4-8-26(25)28-16-30(34(37)38)40-19(28)2)15-29(39-18)33(36)35-17-23-12-11-22-10-9-20-5-3-6-21-13-14-24(23)32(22)31(20)21/h3,5-6,9-16H,4,7-8,17H2,1-2H3,(H,35,36)(H,37,38). The van der Waals surface area contributed by atoms with Gasteiger partial charge in [-0.05, 0) is 105 Å². The lowest BCUT2D eigenvalue weighted by Crippen LogP contribution is -2.21. The fourth-order valence-corrected chi connectivity index (χ4v) is 8.18. The summed E-state index contributed by atoms with van der Waals surface area (Å²) in [5, 5.41) is 20.0. The third kappa shape index (κ3) is 4.02. The molecule has 0 atom stereocenters. The van der Waals surface area contributed by atoms with E-state index in [0.717, 1.165) is 45.7 Å². The van der Waals surface area contributed by atoms with E-state index in [0.29, 0.717) is 16.3 Å². The minimum atomic E-state index is -0.880. The average molecular weight is 562 g/mol. The van der Waals surface area contributed by atoms with Crippen LogP contribution in [0.25, 0.3) is 43.5 Å². The van der Waals surface area contributed by atoms with Crippen molar-refractivity contribution in [2.75, 3.05) is 0 Å². The summed E-state index contributed by atoms with van der Waals surface area (Å²) in [6.45, 7) is 4.52. The van der Waals surface area contributed by atoms with E-state index < -0.39 is 5.97 Å². The highest BCUT2D eigenvalue weighted by Gasteiger charge is 2.25. The van der Waals surface area contributed by atoms with Crippen molar-refractivity contribution < 1.29 is 14.7 Å². The van der Waals surface area contributed by atoms with Gasteiger partial charge < -0.3 is 10.4 Å². The number of hydrogen-bond donors (Lipinski definition) is 2. The molecule has 0 saturated carbocycles. The fourth-order valence-electron chi connectivity index (χ4n) is 6.33. The van der Waals surface area contributed by atoms with Crippen LogP contribution in [0, 0.1) is 13.8 Å². The zero-order valence-corrected chi connectivity index (χ0v) is 23.9. The summed E-state index contributed by atoms with van der Waals surface area (Å²) in [5.74, 6) is -0.945. The number of amides is 1. The Balaban J connectivity index is 1.18. The second-order valence-corrected chi connectivity index (χ2v) is 13.1. The van der Waals surface area contributed by atoms with Gasteiger partial charge in [0.1, 0.15) is 4.88 Å². The molecule has 7 rings (SSSR count). The van der Waals surface area contributed by atoms with Crippen LogP contribution in [0.15, 0.2) is 66.7 Å². The van der Waals surface area contributed by atoms with E-state index in [2.05, 4.69) is 66.8 Å². The van der Waals surface area contributed by atoms with Gasteiger partial charge in [-0.25, -0.2) is 4.79 Å². The lowest BCUT2D eigenvalue weighted by atomic mass is 9.92. The molecule has 1 aliphatic rings. The molecule has 6 heteroatoms. The number of nitrogens with one attached hydrogen (secondary N) is 1. The van der Waals surface area contributed by atoms with Gasteiger partial charge in [-0.2, -0.15) is 0 Å². The van der Waals surface area contributed by atoms with Crippen LogP contribution in [-0.2, 0) is 6.54 Å². The topological polar surface area (TPSA) is 66.4 Å². The zero-order chi connectivity index (χ0) is 27.5. The van der Waals surface area contributed by atoms with Crippen LogP contribution in [0.2, 0.25) is 0 Å². The molecule has 0 fully saturated rings. The molecule has 0 saturated heterocycles. The monoisotopic (exact) mass is 561 g/mol. The number of carbonyl (C=O) groups is 2. The first-order chi connectivity index (χ1) is 19.4. The van der Waals surface area contributed by atoms with Gasteiger partial charge in [-0.1, -0.05) is 54.6 Å². The Morgan fingerprint density at radius 2 is 1.35 bits per heavy atom. The van der Waals surface area contributed by atoms with Crippen molar-refractivity contribution in [3.63, 3.8) is 0 Å². The molecule has 198 valence electrons. The van der Waals surface area contributed by atoms with Gasteiger partial charge in [0, 0.05) is 16.3 Å². The number of aromatic carboxylic acids is 1. The molecule has 2 aromatic heterocycles. The highest BCUT2D eigenvalue weighted by Crippen LogP contribution is 2.45. The number of aryl methyl sites for hydroxylation is 2. The van der Waals surface area contributed by atoms with Crippen LogP contribution in [0.4, 0.5) is 0 Å². The van der Waals surface area contributed by atoms with Crippen molar-refractivity contribution in [1.82, 2.24) is 5.32 Å². The summed E-state index contributed by atoms with van der Waals surface area (Å²) in [6.07, 6.45) is 2.90. The number of hydrogen-bond acceptors (Lipinski definition) is 4. The minimum Gasteiger partial charge on any atom is -0.477 e. The van der Waals surface area contributed by atoms with Gasteiger partial charge in [0.05, 0.1) is 4.88 Å². The van der Waals surface area contributed by atoms with Crippen LogP contribution < -0.4 is 5.32 Å². The van der Waals surface area contributed by atoms with E-state index in [1.165, 1.54) is 66.1 Å². The Labute approximate surface area is 239 Å². The van der Waals surface area contributed by atoms with Crippen LogP contribution in [0.1, 0.15) is 65.1 Å². The second kappa shape index (κ2) is 9.58. The lowest BCUT2D eigenvalue weighted by molar-refractivity contribution is 0.0701. The molecule has 1 amide bonds. The molecule has 2 N–H and O–H groups in total. The number of rotatable bonds is 6. The van der Waals surface area contributed by atoms with E-state index in [1.807, 2.05) is 19.1 Å². The molecule has 0 radical (unpaired) electrons. The van der Waals surface area contributed by atoms with Gasteiger partial charge in [-0.3, -0.25) is 4.79 Å². The zero-order valence-electron chi connectivity index (χ0n) is 22.3. The summed E-state index contributed by atoms with van der Waals surface area (Å²) in [5.41, 5.74) is 5.74. The molecule has 4 aromatic carbocycles. The summed E-state index contributed by atoms with van der Waals surface area (Å²) in [6, 6.07) is 23.2. The van der Waals surface area contributed by atoms with E-state index in [9.17, 15) is 14.7 Å². The smallest absolute Gasteiger partial charge is 0.345 e. The Hall–Kier alpha value is -4.00. The van der Waals surface area contributed by atoms with E-state index in [1.54, 1.807) is 0 Å². The van der Waals surface area contributed by atoms with Crippen molar-refractivity contribution in [2.45, 2.75) is 39.7 Å². The maximum Gasteiger partial charge on any atom is 0.345 e. The van der Waals surface area contributed by atoms with Crippen molar-refractivity contribution in [3.8, 4) is 0 Å². The molecular formula is C34H27NO3S2. The maximum atomic E-state index is 13.4. The van der Waals surface area contributed by atoms with Gasteiger partial charge in [0.25, 0.3) is 5.91 Å². The predicted octanol–water partition coefficient (Wildman–Crippen LogP) is 9.05. The van der Waals surface area contributed by atoms with Crippen molar-refractivity contribution >= 4 is 78.0 Å². The Kier molecular flexibility index (Phi) is 5.99. The highest BCUT2D eigenvalue weighted by atomic mass is 32.1. The molecule has 40 heavy (non-hydrogen) atoms. The maximum absolute atomic E-state index is 13.4. The van der Waals surface area contributed by atoms with Crippen LogP contribution in [0.5, 0.6) is 0 Å². The normalized spacial score (nSPS) is 13.8. The van der Waals surface area contributed by atoms with Crippen molar-refractivity contribution in [1.29, 1.82) is 0 Å². The summed E-state index contributed by atoms with van der Waals surface area (Å²) < 4.78 is 0. The number of carboxylic acids is 1. The minimum absolute atomic E-state index is 0.0648. The summed E-state index contributed by atoms with van der Waals surface area (Å²) in [4.78, 5) is 28.1. The number of benzene rings is 4. The fraction of sp³-hybridized carbons (Fsp3) is 0.176. The molecule has 0 bridgehead atoms. The number of carboxylic acid groups (broad SMARTS) is 1. The first-order valence-electron chi connectivity index (χ1n) is 13.5. The largest absolute Gasteiger partial charge is 0.477 e. The lowest BCUT2D eigenvalue weighted by Gasteiger charge is -2.14. The Bertz CT molecular complexity index is 1990. The number of allylic oxidation sites excluding steroid dienone is 2.